The monoisotopic (exact) mass is 410 g/mol. The smallest absolute Gasteiger partial charge is 0.313 e. The van der Waals surface area contributed by atoms with Gasteiger partial charge in [-0.2, -0.15) is 0 Å². The molecule has 0 bridgehead atoms. The lowest BCUT2D eigenvalue weighted by atomic mass is 10.1. The van der Waals surface area contributed by atoms with Crippen LogP contribution in [-0.2, 0) is 11.2 Å². The molecular formula is C21H38N4O2S. The van der Waals surface area contributed by atoms with Gasteiger partial charge >= 0.3 is 5.97 Å². The molecule has 0 aromatic carbocycles. The molecule has 0 aliphatic heterocycles. The molecule has 7 heteroatoms. The lowest BCUT2D eigenvalue weighted by Crippen LogP contribution is -2.14. The van der Waals surface area contributed by atoms with Gasteiger partial charge in [-0.1, -0.05) is 82.2 Å². The number of unbranched alkanes of at least 4 members (excludes halogenated alkanes) is 11. The Bertz CT molecular complexity index is 561. The summed E-state index contributed by atoms with van der Waals surface area (Å²) in [7, 11) is 0. The first-order valence-electron chi connectivity index (χ1n) is 10.8. The van der Waals surface area contributed by atoms with Gasteiger partial charge in [-0.25, -0.2) is 4.68 Å². The maximum absolute atomic E-state index is 10.6. The van der Waals surface area contributed by atoms with Gasteiger partial charge in [0.15, 0.2) is 5.82 Å². The number of hydrogen-bond donors (Lipinski definition) is 2. The van der Waals surface area contributed by atoms with Gasteiger partial charge < -0.3 is 10.9 Å². The van der Waals surface area contributed by atoms with E-state index in [0.717, 1.165) is 36.8 Å². The van der Waals surface area contributed by atoms with Crippen LogP contribution >= 0.6 is 11.8 Å². The Labute approximate surface area is 174 Å². The van der Waals surface area contributed by atoms with Crippen molar-refractivity contribution >= 4 is 17.7 Å². The van der Waals surface area contributed by atoms with Crippen LogP contribution in [0.5, 0.6) is 0 Å². The van der Waals surface area contributed by atoms with Crippen molar-refractivity contribution in [2.75, 3.05) is 11.6 Å². The average Bonchev–Trinajstić information content (AvgIpc) is 3.03. The zero-order valence-corrected chi connectivity index (χ0v) is 18.3. The van der Waals surface area contributed by atoms with Gasteiger partial charge in [0.05, 0.1) is 5.75 Å². The van der Waals surface area contributed by atoms with Gasteiger partial charge in [0, 0.05) is 6.42 Å². The molecule has 0 atom stereocenters. The summed E-state index contributed by atoms with van der Waals surface area (Å²) in [6.45, 7) is 2.26. The molecule has 3 N–H and O–H groups in total. The van der Waals surface area contributed by atoms with Gasteiger partial charge in [0.1, 0.15) is 0 Å². The summed E-state index contributed by atoms with van der Waals surface area (Å²) in [6.07, 6.45) is 22.1. The molecule has 0 spiro atoms. The van der Waals surface area contributed by atoms with Gasteiger partial charge in [0.2, 0.25) is 5.16 Å². The minimum absolute atomic E-state index is 0.0528. The molecule has 1 heterocycles. The Morgan fingerprint density at radius 3 is 2.14 bits per heavy atom. The van der Waals surface area contributed by atoms with E-state index in [0.29, 0.717) is 5.16 Å². The molecule has 28 heavy (non-hydrogen) atoms. The lowest BCUT2D eigenvalue weighted by Gasteiger charge is -2.03. The number of carbonyl (C=O) groups is 1. The van der Waals surface area contributed by atoms with Crippen LogP contribution in [0, 0.1) is 0 Å². The number of rotatable bonds is 18. The molecule has 0 amide bonds. The third-order valence-electron chi connectivity index (χ3n) is 4.72. The van der Waals surface area contributed by atoms with E-state index in [9.17, 15) is 4.79 Å². The average molecular weight is 411 g/mol. The molecule has 0 saturated heterocycles. The van der Waals surface area contributed by atoms with E-state index < -0.39 is 5.97 Å². The van der Waals surface area contributed by atoms with Crippen molar-refractivity contribution in [2.24, 2.45) is 0 Å². The van der Waals surface area contributed by atoms with Gasteiger partial charge in [-0.15, -0.1) is 10.2 Å². The largest absolute Gasteiger partial charge is 0.481 e. The first-order valence-corrected chi connectivity index (χ1v) is 11.8. The van der Waals surface area contributed by atoms with Crippen molar-refractivity contribution in [2.45, 2.75) is 102 Å². The molecule has 160 valence electrons. The van der Waals surface area contributed by atoms with E-state index in [-0.39, 0.29) is 5.75 Å². The highest BCUT2D eigenvalue weighted by atomic mass is 32.2. The quantitative estimate of drug-likeness (QED) is 0.146. The molecule has 0 unspecified atom stereocenters. The van der Waals surface area contributed by atoms with Crippen molar-refractivity contribution in [1.29, 1.82) is 0 Å². The normalized spacial score (nSPS) is 11.5. The Hall–Kier alpha value is -1.50. The number of carboxylic acids is 1. The fraction of sp³-hybridized carbons (Fsp3) is 0.762. The zero-order valence-electron chi connectivity index (χ0n) is 17.4. The van der Waals surface area contributed by atoms with Crippen LogP contribution in [-0.4, -0.2) is 31.7 Å². The summed E-state index contributed by atoms with van der Waals surface area (Å²) in [5.41, 5.74) is 0. The number of carboxylic acid groups (broad SMARTS) is 1. The highest BCUT2D eigenvalue weighted by Crippen LogP contribution is 2.16. The molecule has 6 nitrogen and oxygen atoms in total. The topological polar surface area (TPSA) is 94.0 Å². The van der Waals surface area contributed by atoms with Crippen LogP contribution in [0.25, 0.3) is 0 Å². The molecule has 0 aliphatic rings. The predicted molar refractivity (Wildman–Crippen MR) is 117 cm³/mol. The van der Waals surface area contributed by atoms with Gasteiger partial charge in [-0.3, -0.25) is 4.79 Å². The number of allylic oxidation sites excluding steroid dienone is 2. The van der Waals surface area contributed by atoms with Crippen molar-refractivity contribution in [3.05, 3.63) is 18.0 Å². The highest BCUT2D eigenvalue weighted by molar-refractivity contribution is 7.99. The van der Waals surface area contributed by atoms with E-state index in [1.807, 2.05) is 0 Å². The number of nitrogens with zero attached hydrogens (tertiary/aromatic N) is 3. The van der Waals surface area contributed by atoms with Crippen molar-refractivity contribution in [1.82, 2.24) is 14.9 Å². The summed E-state index contributed by atoms with van der Waals surface area (Å²) >= 11 is 1.10. The lowest BCUT2D eigenvalue weighted by molar-refractivity contribution is -0.133. The molecule has 0 fully saturated rings. The van der Waals surface area contributed by atoms with Crippen LogP contribution in [0.2, 0.25) is 0 Å². The molecule has 1 aromatic rings. The molecular weight excluding hydrogens is 372 g/mol. The van der Waals surface area contributed by atoms with Crippen LogP contribution in [0.3, 0.4) is 0 Å². The molecule has 1 rings (SSSR count). The fourth-order valence-corrected chi connectivity index (χ4v) is 3.65. The minimum atomic E-state index is -0.883. The number of thioether (sulfide) groups is 1. The van der Waals surface area contributed by atoms with Crippen molar-refractivity contribution < 1.29 is 9.90 Å². The second kappa shape index (κ2) is 16.5. The summed E-state index contributed by atoms with van der Waals surface area (Å²) in [5, 5.41) is 17.2. The summed E-state index contributed by atoms with van der Waals surface area (Å²) in [6, 6.07) is 0. The summed E-state index contributed by atoms with van der Waals surface area (Å²) in [4.78, 5) is 10.6. The second-order valence-electron chi connectivity index (χ2n) is 7.29. The Balaban J connectivity index is 1.95. The van der Waals surface area contributed by atoms with Gasteiger partial charge in [0.25, 0.3) is 0 Å². The molecule has 1 aromatic heterocycles. The molecule has 0 saturated carbocycles. The van der Waals surface area contributed by atoms with Crippen molar-refractivity contribution in [3.8, 4) is 0 Å². The van der Waals surface area contributed by atoms with E-state index in [2.05, 4.69) is 29.3 Å². The second-order valence-corrected chi connectivity index (χ2v) is 8.23. The molecule has 0 radical (unpaired) electrons. The van der Waals surface area contributed by atoms with E-state index in [4.69, 9.17) is 10.9 Å². The minimum Gasteiger partial charge on any atom is -0.481 e. The van der Waals surface area contributed by atoms with Crippen LogP contribution < -0.4 is 5.84 Å². The Kier molecular flexibility index (Phi) is 14.4. The summed E-state index contributed by atoms with van der Waals surface area (Å²) < 4.78 is 1.42. The van der Waals surface area contributed by atoms with Crippen LogP contribution in [0.4, 0.5) is 0 Å². The van der Waals surface area contributed by atoms with Gasteiger partial charge in [-0.05, 0) is 32.1 Å². The SMILES string of the molecule is CCCCCCCCC=CCCCCCCCc1nnc(SCC(=O)O)n1N. The number of nitrogen functional groups attached to an aromatic ring is 1. The fourth-order valence-electron chi connectivity index (χ4n) is 3.06. The number of aryl methyl sites for hydroxylation is 1. The van der Waals surface area contributed by atoms with E-state index >= 15 is 0 Å². The maximum Gasteiger partial charge on any atom is 0.313 e. The number of hydrogen-bond acceptors (Lipinski definition) is 5. The van der Waals surface area contributed by atoms with E-state index in [1.165, 1.54) is 75.3 Å². The highest BCUT2D eigenvalue weighted by Gasteiger charge is 2.11. The van der Waals surface area contributed by atoms with Crippen LogP contribution in [0.1, 0.15) is 96.2 Å². The van der Waals surface area contributed by atoms with E-state index in [1.54, 1.807) is 0 Å². The first-order chi connectivity index (χ1) is 13.6. The Morgan fingerprint density at radius 1 is 0.964 bits per heavy atom. The number of aromatic nitrogens is 3. The number of nitrogens with two attached hydrogens (primary N) is 1. The third-order valence-corrected chi connectivity index (χ3v) is 5.65. The Morgan fingerprint density at radius 2 is 1.54 bits per heavy atom. The first kappa shape index (κ1) is 24.5. The summed E-state index contributed by atoms with van der Waals surface area (Å²) in [5.74, 6) is 5.71. The number of aliphatic carboxylic acids is 1. The predicted octanol–water partition coefficient (Wildman–Crippen LogP) is 5.36. The maximum atomic E-state index is 10.6. The van der Waals surface area contributed by atoms with Crippen LogP contribution in [0.15, 0.2) is 17.3 Å². The zero-order chi connectivity index (χ0) is 20.5. The van der Waals surface area contributed by atoms with Crippen molar-refractivity contribution in [3.63, 3.8) is 0 Å². The standard InChI is InChI=1S/C21H38N4O2S/c1-2-3-4-5-6-7-8-9-10-11-12-13-14-15-16-17-19-23-24-21(25(19)22)28-18-20(26)27/h9-10H,2-8,11-18,22H2,1H3,(H,26,27). The third kappa shape index (κ3) is 12.1. The molecule has 0 aliphatic carbocycles.